The van der Waals surface area contributed by atoms with Gasteiger partial charge in [-0.2, -0.15) is 0 Å². The zero-order valence-electron chi connectivity index (χ0n) is 8.71. The highest BCUT2D eigenvalue weighted by molar-refractivity contribution is 8.14. The summed E-state index contributed by atoms with van der Waals surface area (Å²) in [5, 5.41) is 11.8. The van der Waals surface area contributed by atoms with Crippen LogP contribution in [0.15, 0.2) is 16.5 Å². The van der Waals surface area contributed by atoms with E-state index >= 15 is 0 Å². The summed E-state index contributed by atoms with van der Waals surface area (Å²) >= 11 is 2.93. The number of rotatable bonds is 3. The number of nitrogens with one attached hydrogen (secondary N) is 1. The third-order valence-electron chi connectivity index (χ3n) is 1.83. The fraction of sp³-hybridized carbons (Fsp3) is 0.500. The Morgan fingerprint density at radius 3 is 3.25 bits per heavy atom. The molecule has 8 heteroatoms. The summed E-state index contributed by atoms with van der Waals surface area (Å²) in [5.74, 6) is 1.22. The lowest BCUT2D eigenvalue weighted by atomic mass is 10.7. The molecule has 2 heterocycles. The average Bonchev–Trinajstić information content (AvgIpc) is 2.87. The number of amidine groups is 1. The van der Waals surface area contributed by atoms with E-state index in [9.17, 15) is 4.79 Å². The van der Waals surface area contributed by atoms with Gasteiger partial charge >= 0.3 is 0 Å². The molecule has 0 aliphatic carbocycles. The standard InChI is InChI=1S/C8H11N5OS2/c1-13-5-10-12-8(13)16-4-6(14)11-7-9-2-3-15-7/h5H,2-4H2,1H3,(H,9,11,14). The fourth-order valence-corrected chi connectivity index (χ4v) is 2.53. The predicted molar refractivity (Wildman–Crippen MR) is 64.6 cm³/mol. The number of carbonyl (C=O) groups excluding carboxylic acids is 1. The van der Waals surface area contributed by atoms with Crippen molar-refractivity contribution in [1.29, 1.82) is 0 Å². The van der Waals surface area contributed by atoms with Gasteiger partial charge in [0.1, 0.15) is 6.33 Å². The number of aromatic nitrogens is 3. The Morgan fingerprint density at radius 2 is 2.62 bits per heavy atom. The van der Waals surface area contributed by atoms with Gasteiger partial charge in [-0.15, -0.1) is 10.2 Å². The molecular formula is C8H11N5OS2. The van der Waals surface area contributed by atoms with Gasteiger partial charge in [0.25, 0.3) is 0 Å². The number of aliphatic imine (C=N–C) groups is 1. The molecule has 1 aromatic heterocycles. The van der Waals surface area contributed by atoms with Gasteiger partial charge in [-0.05, 0) is 0 Å². The molecule has 16 heavy (non-hydrogen) atoms. The fourth-order valence-electron chi connectivity index (χ4n) is 1.10. The lowest BCUT2D eigenvalue weighted by molar-refractivity contribution is -0.117. The molecule has 0 aromatic carbocycles. The summed E-state index contributed by atoms with van der Waals surface area (Å²) in [5.41, 5.74) is 0. The van der Waals surface area contributed by atoms with Crippen LogP contribution in [0.3, 0.4) is 0 Å². The molecule has 6 nitrogen and oxygen atoms in total. The molecule has 0 unspecified atom stereocenters. The summed E-state index contributed by atoms with van der Waals surface area (Å²) in [7, 11) is 1.84. The maximum absolute atomic E-state index is 11.5. The van der Waals surface area contributed by atoms with Gasteiger partial charge in [0.05, 0.1) is 12.3 Å². The highest BCUT2D eigenvalue weighted by Gasteiger charge is 2.12. The molecule has 0 bridgehead atoms. The van der Waals surface area contributed by atoms with Crippen molar-refractivity contribution in [2.75, 3.05) is 18.1 Å². The zero-order valence-corrected chi connectivity index (χ0v) is 10.3. The predicted octanol–water partition coefficient (Wildman–Crippen LogP) is 0.126. The first-order valence-electron chi connectivity index (χ1n) is 4.69. The molecule has 2 rings (SSSR count). The summed E-state index contributed by atoms with van der Waals surface area (Å²) < 4.78 is 1.78. The maximum atomic E-state index is 11.5. The second-order valence-corrected chi connectivity index (χ2v) is 5.12. The molecule has 0 saturated carbocycles. The molecule has 0 saturated heterocycles. The summed E-state index contributed by atoms with van der Waals surface area (Å²) in [6.07, 6.45) is 1.61. The first kappa shape index (κ1) is 11.5. The number of carbonyl (C=O) groups is 1. The number of aryl methyl sites for hydroxylation is 1. The highest BCUT2D eigenvalue weighted by Crippen LogP contribution is 2.13. The third-order valence-corrected chi connectivity index (χ3v) is 3.76. The Hall–Kier alpha value is -1.02. The van der Waals surface area contributed by atoms with Gasteiger partial charge in [-0.3, -0.25) is 9.79 Å². The Labute approximate surface area is 101 Å². The van der Waals surface area contributed by atoms with Crippen LogP contribution < -0.4 is 5.32 Å². The van der Waals surface area contributed by atoms with Crippen LogP contribution in [0.4, 0.5) is 0 Å². The van der Waals surface area contributed by atoms with E-state index < -0.39 is 0 Å². The van der Waals surface area contributed by atoms with Crippen molar-refractivity contribution < 1.29 is 4.79 Å². The van der Waals surface area contributed by atoms with E-state index in [0.717, 1.165) is 22.6 Å². The summed E-state index contributed by atoms with van der Waals surface area (Å²) in [4.78, 5) is 15.7. The number of nitrogens with zero attached hydrogens (tertiary/aromatic N) is 4. The average molecular weight is 257 g/mol. The Kier molecular flexibility index (Phi) is 3.83. The van der Waals surface area contributed by atoms with E-state index in [1.807, 2.05) is 7.05 Å². The minimum absolute atomic E-state index is 0.0545. The first-order chi connectivity index (χ1) is 7.75. The van der Waals surface area contributed by atoms with E-state index in [4.69, 9.17) is 0 Å². The van der Waals surface area contributed by atoms with Crippen LogP contribution in [-0.4, -0.2) is 43.9 Å². The van der Waals surface area contributed by atoms with Gasteiger partial charge in [0, 0.05) is 12.8 Å². The molecule has 1 aromatic rings. The van der Waals surface area contributed by atoms with Gasteiger partial charge in [-0.25, -0.2) is 0 Å². The maximum Gasteiger partial charge on any atom is 0.236 e. The molecular weight excluding hydrogens is 246 g/mol. The Balaban J connectivity index is 1.77. The van der Waals surface area contributed by atoms with Crippen molar-refractivity contribution in [3.63, 3.8) is 0 Å². The topological polar surface area (TPSA) is 72.2 Å². The number of amides is 1. The molecule has 0 fully saturated rings. The third kappa shape index (κ3) is 2.99. The lowest BCUT2D eigenvalue weighted by Crippen LogP contribution is -2.29. The van der Waals surface area contributed by atoms with Crippen molar-refractivity contribution in [2.24, 2.45) is 12.0 Å². The second kappa shape index (κ2) is 5.35. The van der Waals surface area contributed by atoms with Crippen molar-refractivity contribution >= 4 is 34.6 Å². The van der Waals surface area contributed by atoms with E-state index in [1.165, 1.54) is 11.8 Å². The monoisotopic (exact) mass is 257 g/mol. The highest BCUT2D eigenvalue weighted by atomic mass is 32.2. The van der Waals surface area contributed by atoms with E-state index in [1.54, 1.807) is 22.7 Å². The molecule has 1 aliphatic heterocycles. The first-order valence-corrected chi connectivity index (χ1v) is 6.67. The molecule has 0 spiro atoms. The molecule has 86 valence electrons. The molecule has 1 N–H and O–H groups in total. The lowest BCUT2D eigenvalue weighted by Gasteiger charge is -2.02. The van der Waals surface area contributed by atoms with E-state index in [0.29, 0.717) is 5.75 Å². The normalized spacial score (nSPS) is 14.9. The molecule has 0 atom stereocenters. The minimum atomic E-state index is -0.0545. The molecule has 1 aliphatic rings. The second-order valence-electron chi connectivity index (χ2n) is 3.10. The van der Waals surface area contributed by atoms with E-state index in [-0.39, 0.29) is 5.91 Å². The largest absolute Gasteiger partial charge is 0.312 e. The Morgan fingerprint density at radius 1 is 1.75 bits per heavy atom. The molecule has 0 radical (unpaired) electrons. The smallest absolute Gasteiger partial charge is 0.236 e. The van der Waals surface area contributed by atoms with Crippen LogP contribution in [0, 0.1) is 0 Å². The Bertz CT molecular complexity index is 416. The van der Waals surface area contributed by atoms with Gasteiger partial charge in [0.2, 0.25) is 5.91 Å². The summed E-state index contributed by atoms with van der Waals surface area (Å²) in [6.45, 7) is 0.788. The van der Waals surface area contributed by atoms with Crippen LogP contribution in [0.5, 0.6) is 0 Å². The van der Waals surface area contributed by atoms with Crippen molar-refractivity contribution in [3.05, 3.63) is 6.33 Å². The number of hydrogen-bond acceptors (Lipinski definition) is 6. The van der Waals surface area contributed by atoms with Crippen LogP contribution >= 0.6 is 23.5 Å². The SMILES string of the molecule is Cn1cnnc1SCC(=O)NC1=NCCS1. The molecule has 1 amide bonds. The van der Waals surface area contributed by atoms with Crippen LogP contribution in [-0.2, 0) is 11.8 Å². The minimum Gasteiger partial charge on any atom is -0.312 e. The van der Waals surface area contributed by atoms with Crippen LogP contribution in [0.2, 0.25) is 0 Å². The van der Waals surface area contributed by atoms with Crippen molar-refractivity contribution in [3.8, 4) is 0 Å². The van der Waals surface area contributed by atoms with Gasteiger partial charge in [-0.1, -0.05) is 23.5 Å². The van der Waals surface area contributed by atoms with Crippen LogP contribution in [0.25, 0.3) is 0 Å². The summed E-state index contributed by atoms with van der Waals surface area (Å²) in [6, 6.07) is 0. The number of hydrogen-bond donors (Lipinski definition) is 1. The number of thioether (sulfide) groups is 2. The van der Waals surface area contributed by atoms with E-state index in [2.05, 4.69) is 20.5 Å². The quantitative estimate of drug-likeness (QED) is 0.779. The zero-order chi connectivity index (χ0) is 11.4. The van der Waals surface area contributed by atoms with Gasteiger partial charge < -0.3 is 9.88 Å². The van der Waals surface area contributed by atoms with Gasteiger partial charge in [0.15, 0.2) is 10.3 Å². The van der Waals surface area contributed by atoms with Crippen LogP contribution in [0.1, 0.15) is 0 Å². The van der Waals surface area contributed by atoms with Crippen molar-refractivity contribution in [2.45, 2.75) is 5.16 Å². The van der Waals surface area contributed by atoms with Crippen molar-refractivity contribution in [1.82, 2.24) is 20.1 Å².